The van der Waals surface area contributed by atoms with Gasteiger partial charge in [-0.2, -0.15) is 0 Å². The van der Waals surface area contributed by atoms with Gasteiger partial charge in [0, 0.05) is 25.2 Å². The molecule has 0 aliphatic rings. The van der Waals surface area contributed by atoms with E-state index in [1.165, 1.54) is 6.42 Å². The van der Waals surface area contributed by atoms with Gasteiger partial charge >= 0.3 is 0 Å². The molecule has 0 aliphatic heterocycles. The van der Waals surface area contributed by atoms with Gasteiger partial charge < -0.3 is 20.1 Å². The number of nitrogens with zero attached hydrogens (tertiary/aromatic N) is 1. The first-order valence-electron chi connectivity index (χ1n) is 7.57. The third-order valence-electron chi connectivity index (χ3n) is 3.50. The third-order valence-corrected chi connectivity index (χ3v) is 3.50. The highest BCUT2D eigenvalue weighted by molar-refractivity contribution is 4.83. The lowest BCUT2D eigenvalue weighted by Crippen LogP contribution is -2.49. The zero-order valence-electron chi connectivity index (χ0n) is 13.5. The molecule has 116 valence electrons. The first kappa shape index (κ1) is 18.8. The van der Waals surface area contributed by atoms with E-state index >= 15 is 0 Å². The van der Waals surface area contributed by atoms with Crippen molar-refractivity contribution >= 4 is 0 Å². The molecule has 0 aromatic carbocycles. The molecule has 1 atom stereocenters. The van der Waals surface area contributed by atoms with Crippen LogP contribution in [0.5, 0.6) is 0 Å². The summed E-state index contributed by atoms with van der Waals surface area (Å²) in [6.07, 6.45) is 3.33. The maximum absolute atomic E-state index is 9.52. The van der Waals surface area contributed by atoms with Crippen LogP contribution in [0.15, 0.2) is 0 Å². The molecular weight excluding hydrogens is 240 g/mol. The van der Waals surface area contributed by atoms with E-state index < -0.39 is 0 Å². The maximum atomic E-state index is 9.52. The second kappa shape index (κ2) is 10.6. The summed E-state index contributed by atoms with van der Waals surface area (Å²) in [5.74, 6) is 0. The van der Waals surface area contributed by atoms with Gasteiger partial charge in [0.15, 0.2) is 0 Å². The van der Waals surface area contributed by atoms with Crippen LogP contribution in [-0.4, -0.2) is 61.5 Å². The van der Waals surface area contributed by atoms with E-state index in [1.54, 1.807) is 7.11 Å². The molecule has 4 heteroatoms. The highest BCUT2D eigenvalue weighted by Gasteiger charge is 2.23. The van der Waals surface area contributed by atoms with Crippen molar-refractivity contribution in [1.82, 2.24) is 10.2 Å². The van der Waals surface area contributed by atoms with Crippen LogP contribution in [0.2, 0.25) is 0 Å². The summed E-state index contributed by atoms with van der Waals surface area (Å²) in [5, 5.41) is 13.0. The van der Waals surface area contributed by atoms with Crippen molar-refractivity contribution in [2.75, 3.05) is 40.0 Å². The Morgan fingerprint density at radius 3 is 2.42 bits per heavy atom. The number of hydrogen-bond acceptors (Lipinski definition) is 4. The Bertz CT molecular complexity index is 212. The molecule has 0 rings (SSSR count). The fraction of sp³-hybridized carbons (Fsp3) is 1.00. The standard InChI is InChI=1S/C15H34N2O2/c1-6-17(11-12-19-5)10-8-7-9-15(4,13-18)16-14(2)3/h14,16,18H,6-13H2,1-5H3. The van der Waals surface area contributed by atoms with E-state index in [1.807, 2.05) is 0 Å². The Hall–Kier alpha value is -0.160. The summed E-state index contributed by atoms with van der Waals surface area (Å²) in [4.78, 5) is 2.41. The Labute approximate surface area is 119 Å². The van der Waals surface area contributed by atoms with Crippen molar-refractivity contribution in [3.63, 3.8) is 0 Å². The van der Waals surface area contributed by atoms with Crippen LogP contribution in [0, 0.1) is 0 Å². The molecule has 19 heavy (non-hydrogen) atoms. The smallest absolute Gasteiger partial charge is 0.0610 e. The van der Waals surface area contributed by atoms with Gasteiger partial charge in [0.05, 0.1) is 13.2 Å². The van der Waals surface area contributed by atoms with Crippen LogP contribution in [-0.2, 0) is 4.74 Å². The zero-order valence-corrected chi connectivity index (χ0v) is 13.5. The molecule has 2 N–H and O–H groups in total. The van der Waals surface area contributed by atoms with Crippen molar-refractivity contribution in [1.29, 1.82) is 0 Å². The molecule has 0 aliphatic carbocycles. The summed E-state index contributed by atoms with van der Waals surface area (Å²) in [5.41, 5.74) is -0.141. The molecule has 0 saturated carbocycles. The van der Waals surface area contributed by atoms with Gasteiger partial charge in [0.1, 0.15) is 0 Å². The highest BCUT2D eigenvalue weighted by atomic mass is 16.5. The van der Waals surface area contributed by atoms with E-state index in [0.29, 0.717) is 6.04 Å². The summed E-state index contributed by atoms with van der Waals surface area (Å²) in [6.45, 7) is 12.7. The molecule has 0 spiro atoms. The fourth-order valence-electron chi connectivity index (χ4n) is 2.39. The minimum Gasteiger partial charge on any atom is -0.394 e. The van der Waals surface area contributed by atoms with Crippen molar-refractivity contribution in [3.05, 3.63) is 0 Å². The van der Waals surface area contributed by atoms with Crippen LogP contribution < -0.4 is 5.32 Å². The molecule has 0 saturated heterocycles. The molecular formula is C15H34N2O2. The predicted octanol–water partition coefficient (Wildman–Crippen LogP) is 1.87. The van der Waals surface area contributed by atoms with E-state index in [2.05, 4.69) is 37.9 Å². The molecule has 0 heterocycles. The molecule has 4 nitrogen and oxygen atoms in total. The maximum Gasteiger partial charge on any atom is 0.0610 e. The number of aliphatic hydroxyl groups excluding tert-OH is 1. The first-order valence-corrected chi connectivity index (χ1v) is 7.57. The van der Waals surface area contributed by atoms with Crippen molar-refractivity contribution in [2.24, 2.45) is 0 Å². The van der Waals surface area contributed by atoms with Gasteiger partial charge in [0.25, 0.3) is 0 Å². The van der Waals surface area contributed by atoms with Gasteiger partial charge in [-0.05, 0) is 32.9 Å². The third kappa shape index (κ3) is 9.38. The summed E-state index contributed by atoms with van der Waals surface area (Å²) in [6, 6.07) is 0.408. The van der Waals surface area contributed by atoms with Gasteiger partial charge in [0.2, 0.25) is 0 Å². The number of ether oxygens (including phenoxy) is 1. The molecule has 0 aromatic rings. The second-order valence-corrected chi connectivity index (χ2v) is 5.90. The molecule has 0 amide bonds. The lowest BCUT2D eigenvalue weighted by atomic mass is 9.94. The van der Waals surface area contributed by atoms with Gasteiger partial charge in [-0.1, -0.05) is 27.2 Å². The summed E-state index contributed by atoms with van der Waals surface area (Å²) in [7, 11) is 1.75. The number of unbranched alkanes of at least 4 members (excludes halogenated alkanes) is 1. The van der Waals surface area contributed by atoms with Crippen LogP contribution in [0.25, 0.3) is 0 Å². The van der Waals surface area contributed by atoms with E-state index in [-0.39, 0.29) is 12.1 Å². The minimum absolute atomic E-state index is 0.141. The van der Waals surface area contributed by atoms with Crippen LogP contribution >= 0.6 is 0 Å². The van der Waals surface area contributed by atoms with Crippen LogP contribution in [0.1, 0.15) is 47.0 Å². The highest BCUT2D eigenvalue weighted by Crippen LogP contribution is 2.14. The Morgan fingerprint density at radius 2 is 1.95 bits per heavy atom. The summed E-state index contributed by atoms with van der Waals surface area (Å²) < 4.78 is 5.11. The lowest BCUT2D eigenvalue weighted by molar-refractivity contribution is 0.141. The van der Waals surface area contributed by atoms with Gasteiger partial charge in [-0.15, -0.1) is 0 Å². The fourth-order valence-corrected chi connectivity index (χ4v) is 2.39. The van der Waals surface area contributed by atoms with Gasteiger partial charge in [-0.3, -0.25) is 0 Å². The number of nitrogens with one attached hydrogen (secondary N) is 1. The number of rotatable bonds is 12. The zero-order chi connectivity index (χ0) is 14.7. The normalized spacial score (nSPS) is 15.2. The second-order valence-electron chi connectivity index (χ2n) is 5.90. The number of hydrogen-bond donors (Lipinski definition) is 2. The topological polar surface area (TPSA) is 44.7 Å². The average Bonchev–Trinajstić information content (AvgIpc) is 2.37. The SMILES string of the molecule is CCN(CCCCC(C)(CO)NC(C)C)CCOC. The Morgan fingerprint density at radius 1 is 1.26 bits per heavy atom. The van der Waals surface area contributed by atoms with E-state index in [0.717, 1.165) is 39.1 Å². The monoisotopic (exact) mass is 274 g/mol. The summed E-state index contributed by atoms with van der Waals surface area (Å²) >= 11 is 0. The largest absolute Gasteiger partial charge is 0.394 e. The lowest BCUT2D eigenvalue weighted by Gasteiger charge is -2.31. The van der Waals surface area contributed by atoms with E-state index in [4.69, 9.17) is 4.74 Å². The first-order chi connectivity index (χ1) is 8.97. The number of aliphatic hydroxyl groups is 1. The molecule has 0 radical (unpaired) electrons. The molecule has 0 fully saturated rings. The molecule has 1 unspecified atom stereocenters. The number of methoxy groups -OCH3 is 1. The van der Waals surface area contributed by atoms with Crippen molar-refractivity contribution in [2.45, 2.75) is 58.5 Å². The Kier molecular flexibility index (Phi) is 10.5. The minimum atomic E-state index is -0.141. The van der Waals surface area contributed by atoms with Crippen LogP contribution in [0.3, 0.4) is 0 Å². The average molecular weight is 274 g/mol. The van der Waals surface area contributed by atoms with Crippen molar-refractivity contribution < 1.29 is 9.84 Å². The quantitative estimate of drug-likeness (QED) is 0.533. The Balaban J connectivity index is 3.86. The van der Waals surface area contributed by atoms with Crippen LogP contribution in [0.4, 0.5) is 0 Å². The van der Waals surface area contributed by atoms with Gasteiger partial charge in [-0.25, -0.2) is 0 Å². The van der Waals surface area contributed by atoms with Crippen molar-refractivity contribution in [3.8, 4) is 0 Å². The predicted molar refractivity (Wildman–Crippen MR) is 81.6 cm³/mol. The molecule has 0 aromatic heterocycles. The molecule has 0 bridgehead atoms. The van der Waals surface area contributed by atoms with E-state index in [9.17, 15) is 5.11 Å². The number of likely N-dealkylation sites (N-methyl/N-ethyl adjacent to an activating group) is 1.